The third-order valence-corrected chi connectivity index (χ3v) is 2.35. The summed E-state index contributed by atoms with van der Waals surface area (Å²) < 4.78 is 0. The molecule has 0 saturated heterocycles. The van der Waals surface area contributed by atoms with Crippen LogP contribution in [0.1, 0.15) is 19.8 Å². The van der Waals surface area contributed by atoms with Crippen LogP contribution in [0, 0.1) is 5.92 Å². The van der Waals surface area contributed by atoms with Gasteiger partial charge in [0.05, 0.1) is 13.2 Å². The molecule has 5 nitrogen and oxygen atoms in total. The SMILES string of the molecule is CC(CN)CCC(=O)N(CCO)CCO. The van der Waals surface area contributed by atoms with Gasteiger partial charge in [0.1, 0.15) is 0 Å². The molecule has 0 spiro atoms. The third-order valence-electron chi connectivity index (χ3n) is 2.35. The molecule has 0 aliphatic carbocycles. The highest BCUT2D eigenvalue weighted by atomic mass is 16.3. The predicted molar refractivity (Wildman–Crippen MR) is 58.2 cm³/mol. The Morgan fingerprint density at radius 2 is 1.87 bits per heavy atom. The number of nitrogens with two attached hydrogens (primary N) is 1. The van der Waals surface area contributed by atoms with Crippen molar-refractivity contribution in [2.45, 2.75) is 19.8 Å². The first-order chi connectivity index (χ1) is 7.15. The van der Waals surface area contributed by atoms with E-state index in [1.807, 2.05) is 6.92 Å². The maximum absolute atomic E-state index is 11.6. The molecule has 0 aliphatic heterocycles. The number of hydrogen-bond acceptors (Lipinski definition) is 4. The lowest BCUT2D eigenvalue weighted by Crippen LogP contribution is -2.36. The first-order valence-electron chi connectivity index (χ1n) is 5.35. The Labute approximate surface area is 90.9 Å². The van der Waals surface area contributed by atoms with Gasteiger partial charge in [-0.15, -0.1) is 0 Å². The number of hydrogen-bond donors (Lipinski definition) is 3. The molecule has 0 saturated carbocycles. The molecule has 0 heterocycles. The number of aliphatic hydroxyl groups excluding tert-OH is 2. The van der Waals surface area contributed by atoms with Crippen molar-refractivity contribution in [1.29, 1.82) is 0 Å². The topological polar surface area (TPSA) is 86.8 Å². The van der Waals surface area contributed by atoms with E-state index in [-0.39, 0.29) is 32.2 Å². The van der Waals surface area contributed by atoms with E-state index in [1.165, 1.54) is 4.90 Å². The van der Waals surface area contributed by atoms with Crippen molar-refractivity contribution >= 4 is 5.91 Å². The molecule has 1 unspecified atom stereocenters. The third kappa shape index (κ3) is 6.43. The van der Waals surface area contributed by atoms with Gasteiger partial charge in [0, 0.05) is 19.5 Å². The summed E-state index contributed by atoms with van der Waals surface area (Å²) in [4.78, 5) is 13.1. The van der Waals surface area contributed by atoms with Crippen LogP contribution in [0.2, 0.25) is 0 Å². The standard InChI is InChI=1S/C10H22N2O3/c1-9(8-11)2-3-10(15)12(4-6-13)5-7-14/h9,13-14H,2-8,11H2,1H3. The van der Waals surface area contributed by atoms with E-state index < -0.39 is 0 Å². The molecule has 0 aromatic carbocycles. The van der Waals surface area contributed by atoms with E-state index in [4.69, 9.17) is 15.9 Å². The molecular weight excluding hydrogens is 196 g/mol. The number of nitrogens with zero attached hydrogens (tertiary/aromatic N) is 1. The molecule has 0 rings (SSSR count). The first-order valence-corrected chi connectivity index (χ1v) is 5.35. The Kier molecular flexibility index (Phi) is 8.27. The van der Waals surface area contributed by atoms with Crippen molar-refractivity contribution in [3.63, 3.8) is 0 Å². The van der Waals surface area contributed by atoms with Crippen molar-refractivity contribution in [2.75, 3.05) is 32.8 Å². The summed E-state index contributed by atoms with van der Waals surface area (Å²) in [6.07, 6.45) is 1.18. The second kappa shape index (κ2) is 8.64. The molecule has 0 aromatic rings. The Morgan fingerprint density at radius 1 is 1.33 bits per heavy atom. The Morgan fingerprint density at radius 3 is 2.27 bits per heavy atom. The number of carbonyl (C=O) groups is 1. The van der Waals surface area contributed by atoms with E-state index in [0.717, 1.165) is 6.42 Å². The Hall–Kier alpha value is -0.650. The van der Waals surface area contributed by atoms with Crippen LogP contribution in [0.15, 0.2) is 0 Å². The maximum Gasteiger partial charge on any atom is 0.222 e. The Bertz CT molecular complexity index is 170. The molecule has 1 amide bonds. The van der Waals surface area contributed by atoms with E-state index in [1.54, 1.807) is 0 Å². The summed E-state index contributed by atoms with van der Waals surface area (Å²) in [5.41, 5.74) is 5.45. The van der Waals surface area contributed by atoms with Gasteiger partial charge in [-0.25, -0.2) is 0 Å². The maximum atomic E-state index is 11.6. The van der Waals surface area contributed by atoms with Crippen molar-refractivity contribution in [2.24, 2.45) is 11.7 Å². The lowest BCUT2D eigenvalue weighted by Gasteiger charge is -2.21. The van der Waals surface area contributed by atoms with E-state index in [0.29, 0.717) is 18.9 Å². The minimum absolute atomic E-state index is 0.0293. The summed E-state index contributed by atoms with van der Waals surface area (Å²) in [7, 11) is 0. The average molecular weight is 218 g/mol. The molecule has 1 atom stereocenters. The van der Waals surface area contributed by atoms with E-state index in [9.17, 15) is 4.79 Å². The highest BCUT2D eigenvalue weighted by Crippen LogP contribution is 2.05. The highest BCUT2D eigenvalue weighted by molar-refractivity contribution is 5.76. The fourth-order valence-electron chi connectivity index (χ4n) is 1.25. The van der Waals surface area contributed by atoms with Gasteiger partial charge in [0.25, 0.3) is 0 Å². The zero-order chi connectivity index (χ0) is 11.7. The van der Waals surface area contributed by atoms with Crippen LogP contribution in [0.25, 0.3) is 0 Å². The smallest absolute Gasteiger partial charge is 0.222 e. The summed E-state index contributed by atoms with van der Waals surface area (Å²) in [6.45, 7) is 3.01. The molecule has 0 aromatic heterocycles. The molecule has 4 N–H and O–H groups in total. The van der Waals surface area contributed by atoms with Crippen LogP contribution in [0.3, 0.4) is 0 Å². The molecular formula is C10H22N2O3. The van der Waals surface area contributed by atoms with Gasteiger partial charge >= 0.3 is 0 Å². The molecule has 15 heavy (non-hydrogen) atoms. The number of carbonyl (C=O) groups excluding carboxylic acids is 1. The van der Waals surface area contributed by atoms with Crippen molar-refractivity contribution in [3.05, 3.63) is 0 Å². The van der Waals surface area contributed by atoms with Gasteiger partial charge in [-0.3, -0.25) is 4.79 Å². The van der Waals surface area contributed by atoms with Crippen molar-refractivity contribution in [3.8, 4) is 0 Å². The van der Waals surface area contributed by atoms with Crippen LogP contribution < -0.4 is 5.73 Å². The van der Waals surface area contributed by atoms with Gasteiger partial charge in [-0.1, -0.05) is 6.92 Å². The van der Waals surface area contributed by atoms with Gasteiger partial charge in [-0.05, 0) is 18.9 Å². The average Bonchev–Trinajstić information content (AvgIpc) is 2.25. The van der Waals surface area contributed by atoms with Crippen LogP contribution in [0.4, 0.5) is 0 Å². The molecule has 90 valence electrons. The van der Waals surface area contributed by atoms with Gasteiger partial charge in [0.15, 0.2) is 0 Å². The summed E-state index contributed by atoms with van der Waals surface area (Å²) >= 11 is 0. The van der Waals surface area contributed by atoms with Crippen molar-refractivity contribution in [1.82, 2.24) is 4.90 Å². The van der Waals surface area contributed by atoms with Crippen molar-refractivity contribution < 1.29 is 15.0 Å². The number of amides is 1. The van der Waals surface area contributed by atoms with Crippen LogP contribution in [-0.2, 0) is 4.79 Å². The van der Waals surface area contributed by atoms with Crippen LogP contribution >= 0.6 is 0 Å². The fraction of sp³-hybridized carbons (Fsp3) is 0.900. The minimum atomic E-state index is -0.0712. The van der Waals surface area contributed by atoms with Gasteiger partial charge in [0.2, 0.25) is 5.91 Å². The fourth-order valence-corrected chi connectivity index (χ4v) is 1.25. The normalized spacial score (nSPS) is 12.5. The lowest BCUT2D eigenvalue weighted by molar-refractivity contribution is -0.132. The molecule has 5 heteroatoms. The monoisotopic (exact) mass is 218 g/mol. The zero-order valence-electron chi connectivity index (χ0n) is 9.35. The number of rotatable bonds is 8. The quantitative estimate of drug-likeness (QED) is 0.496. The summed E-state index contributed by atoms with van der Waals surface area (Å²) in [6, 6.07) is 0. The summed E-state index contributed by atoms with van der Waals surface area (Å²) in [5, 5.41) is 17.5. The first kappa shape index (κ1) is 14.3. The van der Waals surface area contributed by atoms with Gasteiger partial charge in [-0.2, -0.15) is 0 Å². The van der Waals surface area contributed by atoms with E-state index in [2.05, 4.69) is 0 Å². The lowest BCUT2D eigenvalue weighted by atomic mass is 10.1. The van der Waals surface area contributed by atoms with Gasteiger partial charge < -0.3 is 20.8 Å². The largest absolute Gasteiger partial charge is 0.395 e. The summed E-state index contributed by atoms with van der Waals surface area (Å²) in [5.74, 6) is 0.303. The van der Waals surface area contributed by atoms with Crippen LogP contribution in [-0.4, -0.2) is 53.9 Å². The second-order valence-corrected chi connectivity index (χ2v) is 3.71. The molecule has 0 radical (unpaired) electrons. The molecule has 0 aliphatic rings. The highest BCUT2D eigenvalue weighted by Gasteiger charge is 2.13. The van der Waals surface area contributed by atoms with E-state index >= 15 is 0 Å². The molecule has 0 fully saturated rings. The number of aliphatic hydroxyl groups is 2. The second-order valence-electron chi connectivity index (χ2n) is 3.71. The van der Waals surface area contributed by atoms with Crippen LogP contribution in [0.5, 0.6) is 0 Å². The zero-order valence-corrected chi connectivity index (χ0v) is 9.35. The molecule has 0 bridgehead atoms. The predicted octanol–water partition coefficient (Wildman–Crippen LogP) is -0.825. The minimum Gasteiger partial charge on any atom is -0.395 e. The Balaban J connectivity index is 3.90.